The molecule has 0 unspecified atom stereocenters. The van der Waals surface area contributed by atoms with Crippen LogP contribution in [0.15, 0.2) is 59.1 Å². The van der Waals surface area contributed by atoms with Crippen molar-refractivity contribution < 1.29 is 4.79 Å². The molecule has 0 saturated heterocycles. The summed E-state index contributed by atoms with van der Waals surface area (Å²) in [5, 5.41) is 1.72. The second-order valence-corrected chi connectivity index (χ2v) is 5.15. The van der Waals surface area contributed by atoms with E-state index >= 15 is 0 Å². The zero-order chi connectivity index (χ0) is 13.7. The number of carbonyl (C=O) groups is 1. The fourth-order valence-corrected chi connectivity index (χ4v) is 2.22. The van der Waals surface area contributed by atoms with Crippen LogP contribution >= 0.6 is 15.9 Å². The number of carbonyl (C=O) groups excluding carboxylic acids is 1. The number of hydrogen-bond acceptors (Lipinski definition) is 2. The van der Waals surface area contributed by atoms with Crippen molar-refractivity contribution in [3.05, 3.63) is 64.6 Å². The Morgan fingerprint density at radius 2 is 1.89 bits per heavy atom. The topological polar surface area (TPSA) is 32.3 Å². The summed E-state index contributed by atoms with van der Waals surface area (Å²) in [7, 11) is 1.83. The quantitative estimate of drug-likeness (QED) is 0.878. The van der Waals surface area contributed by atoms with Crippen LogP contribution in [0.25, 0.3) is 0 Å². The number of para-hydroxylation sites is 1. The summed E-state index contributed by atoms with van der Waals surface area (Å²) < 4.78 is 0.981. The van der Waals surface area contributed by atoms with Gasteiger partial charge < -0.3 is 0 Å². The van der Waals surface area contributed by atoms with Crippen molar-refractivity contribution in [2.45, 2.75) is 6.42 Å². The summed E-state index contributed by atoms with van der Waals surface area (Å²) >= 11 is 3.40. The fourth-order valence-electron chi connectivity index (χ4n) is 1.78. The molecule has 0 aliphatic rings. The van der Waals surface area contributed by atoms with E-state index in [9.17, 15) is 4.79 Å². The summed E-state index contributed by atoms with van der Waals surface area (Å²) in [6.45, 7) is 0. The molecule has 2 aromatic carbocycles. The molecule has 0 radical (unpaired) electrons. The van der Waals surface area contributed by atoms with E-state index in [2.05, 4.69) is 21.4 Å². The van der Waals surface area contributed by atoms with E-state index in [0.29, 0.717) is 6.42 Å². The van der Waals surface area contributed by atoms with E-state index in [1.165, 1.54) is 0 Å². The Balaban J connectivity index is 1.95. The van der Waals surface area contributed by atoms with Crippen LogP contribution in [0.2, 0.25) is 0 Å². The molecule has 0 atom stereocenters. The Morgan fingerprint density at radius 1 is 1.16 bits per heavy atom. The highest BCUT2D eigenvalue weighted by Crippen LogP contribution is 2.12. The summed E-state index contributed by atoms with van der Waals surface area (Å²) in [6, 6.07) is 17.5. The van der Waals surface area contributed by atoms with Gasteiger partial charge >= 0.3 is 0 Å². The SMILES string of the molecule is CN(NC(=O)Cc1cccc(Br)c1)c1ccccc1. The van der Waals surface area contributed by atoms with Crippen LogP contribution in [0.3, 0.4) is 0 Å². The third kappa shape index (κ3) is 4.10. The highest BCUT2D eigenvalue weighted by Gasteiger charge is 2.07. The van der Waals surface area contributed by atoms with E-state index in [4.69, 9.17) is 0 Å². The lowest BCUT2D eigenvalue weighted by Crippen LogP contribution is -2.40. The average Bonchev–Trinajstić information content (AvgIpc) is 2.39. The molecule has 3 nitrogen and oxygen atoms in total. The highest BCUT2D eigenvalue weighted by atomic mass is 79.9. The predicted molar refractivity (Wildman–Crippen MR) is 80.8 cm³/mol. The van der Waals surface area contributed by atoms with Crippen molar-refractivity contribution in [2.24, 2.45) is 0 Å². The van der Waals surface area contributed by atoms with Gasteiger partial charge in [-0.15, -0.1) is 0 Å². The monoisotopic (exact) mass is 318 g/mol. The van der Waals surface area contributed by atoms with Gasteiger partial charge in [-0.1, -0.05) is 46.3 Å². The minimum Gasteiger partial charge on any atom is -0.289 e. The number of hydrazine groups is 1. The third-order valence-electron chi connectivity index (χ3n) is 2.69. The molecule has 0 heterocycles. The lowest BCUT2D eigenvalue weighted by atomic mass is 10.1. The van der Waals surface area contributed by atoms with E-state index in [1.807, 2.05) is 61.6 Å². The molecule has 0 spiro atoms. The van der Waals surface area contributed by atoms with Gasteiger partial charge in [0.05, 0.1) is 12.1 Å². The Labute approximate surface area is 121 Å². The maximum atomic E-state index is 11.9. The lowest BCUT2D eigenvalue weighted by Gasteiger charge is -2.20. The predicted octanol–water partition coefficient (Wildman–Crippen LogP) is 3.16. The number of anilines is 1. The Morgan fingerprint density at radius 3 is 2.58 bits per heavy atom. The van der Waals surface area contributed by atoms with Crippen LogP contribution < -0.4 is 10.4 Å². The summed E-state index contributed by atoms with van der Waals surface area (Å²) in [6.07, 6.45) is 0.358. The first kappa shape index (κ1) is 13.6. The first-order valence-corrected chi connectivity index (χ1v) is 6.77. The molecular weight excluding hydrogens is 304 g/mol. The van der Waals surface area contributed by atoms with Gasteiger partial charge in [0, 0.05) is 11.5 Å². The molecule has 0 aromatic heterocycles. The molecule has 2 rings (SSSR count). The van der Waals surface area contributed by atoms with Gasteiger partial charge in [-0.3, -0.25) is 15.2 Å². The molecule has 4 heteroatoms. The fraction of sp³-hybridized carbons (Fsp3) is 0.133. The van der Waals surface area contributed by atoms with Gasteiger partial charge in [0.15, 0.2) is 0 Å². The van der Waals surface area contributed by atoms with Gasteiger partial charge in [0.1, 0.15) is 0 Å². The minimum absolute atomic E-state index is 0.0375. The summed E-state index contributed by atoms with van der Waals surface area (Å²) in [5.41, 5.74) is 4.77. The van der Waals surface area contributed by atoms with Gasteiger partial charge in [-0.05, 0) is 29.8 Å². The van der Waals surface area contributed by atoms with Gasteiger partial charge in [0.2, 0.25) is 5.91 Å². The molecule has 98 valence electrons. The molecule has 0 fully saturated rings. The molecule has 19 heavy (non-hydrogen) atoms. The largest absolute Gasteiger partial charge is 0.289 e. The molecule has 2 aromatic rings. The van der Waals surface area contributed by atoms with E-state index in [0.717, 1.165) is 15.7 Å². The zero-order valence-corrected chi connectivity index (χ0v) is 12.2. The number of amides is 1. The Hall–Kier alpha value is -1.81. The molecule has 1 amide bonds. The van der Waals surface area contributed by atoms with Gasteiger partial charge in [0.25, 0.3) is 0 Å². The molecule has 0 aliphatic heterocycles. The van der Waals surface area contributed by atoms with Crippen molar-refractivity contribution >= 4 is 27.5 Å². The molecule has 0 saturated carbocycles. The van der Waals surface area contributed by atoms with Crippen molar-refractivity contribution in [2.75, 3.05) is 12.1 Å². The van der Waals surface area contributed by atoms with Crippen molar-refractivity contribution in [3.63, 3.8) is 0 Å². The smallest absolute Gasteiger partial charge is 0.242 e. The lowest BCUT2D eigenvalue weighted by molar-refractivity contribution is -0.120. The molecule has 0 aliphatic carbocycles. The maximum Gasteiger partial charge on any atom is 0.242 e. The van der Waals surface area contributed by atoms with Crippen LogP contribution in [-0.2, 0) is 11.2 Å². The number of rotatable bonds is 4. The van der Waals surface area contributed by atoms with Crippen LogP contribution in [0.5, 0.6) is 0 Å². The molecule has 0 bridgehead atoms. The van der Waals surface area contributed by atoms with E-state index in [-0.39, 0.29) is 5.91 Å². The van der Waals surface area contributed by atoms with Crippen LogP contribution in [0.4, 0.5) is 5.69 Å². The van der Waals surface area contributed by atoms with Crippen molar-refractivity contribution in [1.29, 1.82) is 0 Å². The Kier molecular flexibility index (Phi) is 4.58. The highest BCUT2D eigenvalue weighted by molar-refractivity contribution is 9.10. The molecule has 1 N–H and O–H groups in total. The summed E-state index contributed by atoms with van der Waals surface area (Å²) in [5.74, 6) is -0.0375. The van der Waals surface area contributed by atoms with Crippen LogP contribution in [0, 0.1) is 0 Å². The molecular formula is C15H15BrN2O. The Bertz CT molecular complexity index is 557. The van der Waals surface area contributed by atoms with E-state index in [1.54, 1.807) is 5.01 Å². The number of nitrogens with zero attached hydrogens (tertiary/aromatic N) is 1. The zero-order valence-electron chi connectivity index (χ0n) is 10.6. The van der Waals surface area contributed by atoms with Crippen LogP contribution in [0.1, 0.15) is 5.56 Å². The number of benzene rings is 2. The first-order chi connectivity index (χ1) is 9.15. The van der Waals surface area contributed by atoms with Gasteiger partial charge in [-0.25, -0.2) is 0 Å². The normalized spacial score (nSPS) is 10.0. The number of nitrogens with one attached hydrogen (secondary N) is 1. The second-order valence-electron chi connectivity index (χ2n) is 4.24. The van der Waals surface area contributed by atoms with Crippen LogP contribution in [-0.4, -0.2) is 13.0 Å². The minimum atomic E-state index is -0.0375. The van der Waals surface area contributed by atoms with E-state index < -0.39 is 0 Å². The maximum absolute atomic E-state index is 11.9. The number of halogens is 1. The van der Waals surface area contributed by atoms with Crippen molar-refractivity contribution in [3.8, 4) is 0 Å². The first-order valence-electron chi connectivity index (χ1n) is 5.98. The summed E-state index contributed by atoms with van der Waals surface area (Å²) in [4.78, 5) is 11.9. The average molecular weight is 319 g/mol. The van der Waals surface area contributed by atoms with Gasteiger partial charge in [-0.2, -0.15) is 0 Å². The third-order valence-corrected chi connectivity index (χ3v) is 3.18. The second kappa shape index (κ2) is 6.38. The number of hydrogen-bond donors (Lipinski definition) is 1. The standard InChI is InChI=1S/C15H15BrN2O/c1-18(14-8-3-2-4-9-14)17-15(19)11-12-6-5-7-13(16)10-12/h2-10H,11H2,1H3,(H,17,19). The van der Waals surface area contributed by atoms with Crippen molar-refractivity contribution in [1.82, 2.24) is 5.43 Å².